The van der Waals surface area contributed by atoms with E-state index in [1.807, 2.05) is 6.92 Å². The lowest BCUT2D eigenvalue weighted by molar-refractivity contribution is -0.181. The number of thioether (sulfide) groups is 1. The molecule has 1 aliphatic rings. The number of rotatable bonds is 16. The number of aliphatic hydroxyl groups excluding tert-OH is 2. The molecule has 2 aromatic heterocycles. The molecule has 14 nitrogen and oxygen atoms in total. The molecule has 1 aliphatic carbocycles. The van der Waals surface area contributed by atoms with Gasteiger partial charge >= 0.3 is 11.9 Å². The van der Waals surface area contributed by atoms with Crippen LogP contribution in [0.4, 0.5) is 5.82 Å². The van der Waals surface area contributed by atoms with Gasteiger partial charge < -0.3 is 30.7 Å². The Balaban J connectivity index is 2.12. The van der Waals surface area contributed by atoms with E-state index >= 15 is 0 Å². The second-order valence-electron chi connectivity index (χ2n) is 14.3. The molecule has 0 spiro atoms. The highest BCUT2D eigenvalue weighted by Crippen LogP contribution is 2.45. The summed E-state index contributed by atoms with van der Waals surface area (Å²) in [6, 6.07) is -0.974. The molecular formula is C33H53N7O7S. The molecule has 268 valence electrons. The molecule has 0 radical (unpaired) electrons. The van der Waals surface area contributed by atoms with Gasteiger partial charge in [0.1, 0.15) is 17.3 Å². The fourth-order valence-electron chi connectivity index (χ4n) is 5.77. The van der Waals surface area contributed by atoms with Crippen molar-refractivity contribution in [3.8, 4) is 0 Å². The summed E-state index contributed by atoms with van der Waals surface area (Å²) in [5, 5.41) is 35.5. The van der Waals surface area contributed by atoms with Crippen LogP contribution in [0.2, 0.25) is 0 Å². The number of nitrogens with zero attached hydrogens (tertiary/aromatic N) is 5. The third-order valence-corrected chi connectivity index (χ3v) is 9.03. The summed E-state index contributed by atoms with van der Waals surface area (Å²) < 4.78 is 12.6. The molecule has 0 aromatic carbocycles. The number of carbonyl (C=O) groups is 3. The normalized spacial score (nSPS) is 21.8. The zero-order chi connectivity index (χ0) is 36.0. The summed E-state index contributed by atoms with van der Waals surface area (Å²) in [5.41, 5.74) is 2.55. The van der Waals surface area contributed by atoms with Crippen molar-refractivity contribution in [2.24, 2.45) is 17.6 Å². The third kappa shape index (κ3) is 9.10. The number of anilines is 1. The van der Waals surface area contributed by atoms with Gasteiger partial charge in [-0.25, -0.2) is 19.4 Å². The molecular weight excluding hydrogens is 638 g/mol. The first kappa shape index (κ1) is 39.3. The Bertz CT molecular complexity index is 1450. The molecule has 0 bridgehead atoms. The van der Waals surface area contributed by atoms with E-state index in [0.717, 1.165) is 43.9 Å². The molecule has 5 N–H and O–H groups in total. The monoisotopic (exact) mass is 691 g/mol. The fourth-order valence-corrected chi connectivity index (χ4v) is 6.46. The van der Waals surface area contributed by atoms with Crippen molar-refractivity contribution < 1.29 is 34.1 Å². The first-order valence-corrected chi connectivity index (χ1v) is 17.7. The summed E-state index contributed by atoms with van der Waals surface area (Å²) in [5.74, 6) is -4.95. The van der Waals surface area contributed by atoms with Crippen LogP contribution < -0.4 is 11.1 Å². The number of aromatic nitrogens is 5. The van der Waals surface area contributed by atoms with Gasteiger partial charge in [-0.2, -0.15) is 0 Å². The maximum atomic E-state index is 13.9. The Morgan fingerprint density at radius 1 is 1.04 bits per heavy atom. The van der Waals surface area contributed by atoms with Gasteiger partial charge in [0.05, 0.1) is 18.1 Å². The Kier molecular flexibility index (Phi) is 13.1. The first-order chi connectivity index (χ1) is 22.4. The van der Waals surface area contributed by atoms with Crippen LogP contribution in [0.3, 0.4) is 0 Å². The van der Waals surface area contributed by atoms with E-state index in [2.05, 4.69) is 34.1 Å². The van der Waals surface area contributed by atoms with Crippen LogP contribution in [0, 0.1) is 11.8 Å². The maximum Gasteiger partial charge on any atom is 0.335 e. The van der Waals surface area contributed by atoms with Gasteiger partial charge in [-0.3, -0.25) is 9.59 Å². The van der Waals surface area contributed by atoms with Crippen LogP contribution in [0.5, 0.6) is 0 Å². The SMILES string of the molecule is C=CC(=O)[C@@](N)(C(=O)OC(C)(C)C)C(C(=O)OC(C)(C)C)C1CC(n2nnc3c(NCCCCCC)nc(SCCC)nc32)C(O)C1O. The molecule has 48 heavy (non-hydrogen) atoms. The number of aliphatic hydroxyl groups is 2. The van der Waals surface area contributed by atoms with E-state index in [1.54, 1.807) is 41.5 Å². The summed E-state index contributed by atoms with van der Waals surface area (Å²) in [6.45, 7) is 18.0. The van der Waals surface area contributed by atoms with Crippen molar-refractivity contribution in [1.29, 1.82) is 0 Å². The standard InChI is InChI=1S/C33H53N7O7S/c1-10-13-14-15-16-35-26-23-27(37-30(36-26)48-17-11-2)40(39-38-23)20-18-19(24(42)25(20)43)22(28(44)46-31(4,5)6)33(34,21(41)12-3)29(45)47-32(7,8)9/h12,19-20,22,24-25,42-43H,3,10-11,13-18,34H2,1-2,4-9H3,(H,35,36,37)/t19?,20?,22?,24?,25?,33-/m0/s1. The van der Waals surface area contributed by atoms with Crippen molar-refractivity contribution in [3.05, 3.63) is 12.7 Å². The second-order valence-corrected chi connectivity index (χ2v) is 15.4. The first-order valence-electron chi connectivity index (χ1n) is 16.7. The second kappa shape index (κ2) is 16.0. The number of esters is 2. The van der Waals surface area contributed by atoms with Crippen molar-refractivity contribution >= 4 is 46.5 Å². The Morgan fingerprint density at radius 3 is 2.29 bits per heavy atom. The van der Waals surface area contributed by atoms with E-state index in [1.165, 1.54) is 16.4 Å². The Hall–Kier alpha value is -3.14. The van der Waals surface area contributed by atoms with Gasteiger partial charge in [-0.05, 0) is 66.9 Å². The summed E-state index contributed by atoms with van der Waals surface area (Å²) in [6.07, 6.45) is 2.68. The quantitative estimate of drug-likeness (QED) is 0.0494. The number of hydrogen-bond acceptors (Lipinski definition) is 14. The molecule has 1 saturated carbocycles. The van der Waals surface area contributed by atoms with Gasteiger partial charge in [0.2, 0.25) is 0 Å². The highest BCUT2D eigenvalue weighted by Gasteiger charge is 2.62. The van der Waals surface area contributed by atoms with Gasteiger partial charge in [0.15, 0.2) is 33.5 Å². The number of fused-ring (bicyclic) bond motifs is 1. The molecule has 0 amide bonds. The zero-order valence-corrected chi connectivity index (χ0v) is 30.3. The average Bonchev–Trinajstić information content (AvgIpc) is 3.54. The maximum absolute atomic E-state index is 13.9. The topological polar surface area (TPSA) is 205 Å². The summed E-state index contributed by atoms with van der Waals surface area (Å²) in [4.78, 5) is 50.5. The summed E-state index contributed by atoms with van der Waals surface area (Å²) in [7, 11) is 0. The van der Waals surface area contributed by atoms with Gasteiger partial charge in [0.25, 0.3) is 0 Å². The average molecular weight is 692 g/mol. The van der Waals surface area contributed by atoms with Crippen LogP contribution >= 0.6 is 11.8 Å². The highest BCUT2D eigenvalue weighted by atomic mass is 32.2. The minimum Gasteiger partial charge on any atom is -0.460 e. The van der Waals surface area contributed by atoms with Crippen molar-refractivity contribution in [2.45, 2.75) is 134 Å². The number of unbranched alkanes of at least 4 members (excludes halogenated alkanes) is 3. The number of nitrogens with two attached hydrogens (primary N) is 1. The van der Waals surface area contributed by atoms with Crippen molar-refractivity contribution in [2.75, 3.05) is 17.6 Å². The zero-order valence-electron chi connectivity index (χ0n) is 29.5. The highest BCUT2D eigenvalue weighted by molar-refractivity contribution is 7.99. The van der Waals surface area contributed by atoms with Gasteiger partial charge in [-0.1, -0.05) is 56.7 Å². The molecule has 3 rings (SSSR count). The number of ketones is 1. The Labute approximate surface area is 287 Å². The molecule has 6 atom stereocenters. The number of hydrogen-bond donors (Lipinski definition) is 4. The number of carbonyl (C=O) groups excluding carboxylic acids is 3. The van der Waals surface area contributed by atoms with Crippen molar-refractivity contribution in [3.63, 3.8) is 0 Å². The largest absolute Gasteiger partial charge is 0.460 e. The van der Waals surface area contributed by atoms with E-state index in [9.17, 15) is 24.6 Å². The summed E-state index contributed by atoms with van der Waals surface area (Å²) >= 11 is 1.47. The minimum atomic E-state index is -2.64. The smallest absolute Gasteiger partial charge is 0.335 e. The molecule has 5 unspecified atom stereocenters. The van der Waals surface area contributed by atoms with Gasteiger partial charge in [-0.15, -0.1) is 5.10 Å². The lowest BCUT2D eigenvalue weighted by atomic mass is 9.71. The predicted molar refractivity (Wildman–Crippen MR) is 183 cm³/mol. The van der Waals surface area contributed by atoms with E-state index in [4.69, 9.17) is 20.2 Å². The van der Waals surface area contributed by atoms with E-state index in [0.29, 0.717) is 28.7 Å². The van der Waals surface area contributed by atoms with Crippen LogP contribution in [-0.2, 0) is 23.9 Å². The molecule has 0 saturated heterocycles. The lowest BCUT2D eigenvalue weighted by Crippen LogP contribution is -2.66. The molecule has 0 aliphatic heterocycles. The van der Waals surface area contributed by atoms with Crippen molar-refractivity contribution in [1.82, 2.24) is 25.0 Å². The molecule has 1 fully saturated rings. The lowest BCUT2D eigenvalue weighted by Gasteiger charge is -2.39. The van der Waals surface area contributed by atoms with Crippen LogP contribution in [-0.4, -0.2) is 94.1 Å². The van der Waals surface area contributed by atoms with Crippen LogP contribution in [0.1, 0.15) is 100.0 Å². The van der Waals surface area contributed by atoms with E-state index in [-0.39, 0.29) is 6.42 Å². The predicted octanol–water partition coefficient (Wildman–Crippen LogP) is 3.75. The number of ether oxygens (including phenoxy) is 2. The van der Waals surface area contributed by atoms with Gasteiger partial charge in [0, 0.05) is 18.2 Å². The molecule has 2 heterocycles. The minimum absolute atomic E-state index is 0.141. The van der Waals surface area contributed by atoms with Crippen LogP contribution in [0.25, 0.3) is 11.2 Å². The Morgan fingerprint density at radius 2 is 1.71 bits per heavy atom. The van der Waals surface area contributed by atoms with E-state index < -0.39 is 64.5 Å². The number of nitrogens with one attached hydrogen (secondary N) is 1. The molecule has 15 heteroatoms. The van der Waals surface area contributed by atoms with Crippen LogP contribution in [0.15, 0.2) is 17.8 Å². The molecule has 2 aromatic rings. The fraction of sp³-hybridized carbons (Fsp3) is 0.727. The third-order valence-electron chi connectivity index (χ3n) is 7.98.